The second-order valence-corrected chi connectivity index (χ2v) is 7.16. The number of H-pyrrole nitrogens is 1. The Labute approximate surface area is 161 Å². The lowest BCUT2D eigenvalue weighted by Gasteiger charge is -2.39. The molecule has 2 heterocycles. The first-order chi connectivity index (χ1) is 12.3. The number of amides is 1. The molecule has 2 N–H and O–H groups in total. The fourth-order valence-electron chi connectivity index (χ4n) is 4.09. The maximum absolute atomic E-state index is 13.3. The van der Waals surface area contributed by atoms with E-state index in [2.05, 4.69) is 51.6 Å². The van der Waals surface area contributed by atoms with E-state index in [1.807, 2.05) is 6.20 Å². The van der Waals surface area contributed by atoms with Gasteiger partial charge in [0.05, 0.1) is 12.2 Å². The highest BCUT2D eigenvalue weighted by molar-refractivity contribution is 5.85. The average Bonchev–Trinajstić information content (AvgIpc) is 3.15. The van der Waals surface area contributed by atoms with Crippen LogP contribution in [0.1, 0.15) is 41.8 Å². The molecule has 1 aromatic carbocycles. The summed E-state index contributed by atoms with van der Waals surface area (Å²) in [6.45, 7) is 4.65. The van der Waals surface area contributed by atoms with Gasteiger partial charge >= 0.3 is 0 Å². The fraction of sp³-hybridized carbons (Fsp3) is 0.500. The van der Waals surface area contributed by atoms with E-state index < -0.39 is 0 Å². The van der Waals surface area contributed by atoms with E-state index in [1.54, 1.807) is 0 Å². The van der Waals surface area contributed by atoms with Gasteiger partial charge in [0.1, 0.15) is 0 Å². The van der Waals surface area contributed by atoms with E-state index in [4.69, 9.17) is 0 Å². The van der Waals surface area contributed by atoms with Gasteiger partial charge in [-0.1, -0.05) is 31.2 Å². The second kappa shape index (κ2) is 8.23. The van der Waals surface area contributed by atoms with Crippen LogP contribution in [0, 0.1) is 5.92 Å². The molecule has 1 aliphatic heterocycles. The van der Waals surface area contributed by atoms with Crippen molar-refractivity contribution in [1.29, 1.82) is 0 Å². The zero-order valence-electron chi connectivity index (χ0n) is 15.2. The highest BCUT2D eigenvalue weighted by Gasteiger charge is 2.34. The summed E-state index contributed by atoms with van der Waals surface area (Å²) in [5.41, 5.74) is 4.99. The van der Waals surface area contributed by atoms with Gasteiger partial charge in [-0.2, -0.15) is 5.10 Å². The summed E-state index contributed by atoms with van der Waals surface area (Å²) in [5, 5.41) is 10.6. The number of piperazine rings is 1. The number of carbonyl (C=O) groups is 1. The molecular weight excluding hydrogens is 348 g/mol. The number of benzene rings is 1. The molecule has 26 heavy (non-hydrogen) atoms. The van der Waals surface area contributed by atoms with Crippen molar-refractivity contribution in [3.8, 4) is 0 Å². The Morgan fingerprint density at radius 1 is 1.31 bits per heavy atom. The van der Waals surface area contributed by atoms with E-state index in [0.717, 1.165) is 51.0 Å². The van der Waals surface area contributed by atoms with Crippen molar-refractivity contribution in [2.45, 2.75) is 38.6 Å². The third-order valence-corrected chi connectivity index (χ3v) is 5.67. The lowest BCUT2D eigenvalue weighted by molar-refractivity contribution is -0.139. The summed E-state index contributed by atoms with van der Waals surface area (Å²) in [5.74, 6) is 0.370. The molecule has 0 radical (unpaired) electrons. The van der Waals surface area contributed by atoms with Crippen LogP contribution in [0.2, 0.25) is 0 Å². The first-order valence-corrected chi connectivity index (χ1v) is 9.37. The zero-order valence-corrected chi connectivity index (χ0v) is 16.0. The van der Waals surface area contributed by atoms with Gasteiger partial charge in [0.2, 0.25) is 5.91 Å². The minimum absolute atomic E-state index is 0. The summed E-state index contributed by atoms with van der Waals surface area (Å²) in [4.78, 5) is 15.4. The highest BCUT2D eigenvalue weighted by atomic mass is 35.5. The first kappa shape index (κ1) is 18.9. The van der Waals surface area contributed by atoms with Crippen LogP contribution < -0.4 is 5.32 Å². The number of carbonyl (C=O) groups excluding carboxylic acids is 1. The van der Waals surface area contributed by atoms with Gasteiger partial charge in [0.25, 0.3) is 0 Å². The van der Waals surface area contributed by atoms with E-state index in [0.29, 0.717) is 5.91 Å². The number of hydrogen-bond acceptors (Lipinski definition) is 3. The molecule has 0 saturated carbocycles. The fourth-order valence-corrected chi connectivity index (χ4v) is 4.09. The van der Waals surface area contributed by atoms with Crippen molar-refractivity contribution in [2.24, 2.45) is 5.92 Å². The quantitative estimate of drug-likeness (QED) is 0.868. The van der Waals surface area contributed by atoms with Crippen LogP contribution in [0.15, 0.2) is 30.5 Å². The number of nitrogens with zero attached hydrogens (tertiary/aromatic N) is 2. The molecule has 6 heteroatoms. The predicted octanol–water partition coefficient (Wildman–Crippen LogP) is 2.67. The number of aromatic amines is 1. The summed E-state index contributed by atoms with van der Waals surface area (Å²) >= 11 is 0. The van der Waals surface area contributed by atoms with Crippen LogP contribution in [0.25, 0.3) is 0 Å². The Kier molecular flexibility index (Phi) is 5.99. The molecule has 1 amide bonds. The van der Waals surface area contributed by atoms with Gasteiger partial charge in [-0.05, 0) is 36.0 Å². The van der Waals surface area contributed by atoms with Crippen molar-refractivity contribution in [3.63, 3.8) is 0 Å². The summed E-state index contributed by atoms with van der Waals surface area (Å²) in [6.07, 6.45) is 5.61. The Morgan fingerprint density at radius 3 is 2.88 bits per heavy atom. The van der Waals surface area contributed by atoms with Crippen molar-refractivity contribution in [1.82, 2.24) is 20.4 Å². The molecular formula is C20H27ClN4O. The van der Waals surface area contributed by atoms with Gasteiger partial charge in [-0.3, -0.25) is 9.89 Å². The smallest absolute Gasteiger partial charge is 0.226 e. The van der Waals surface area contributed by atoms with E-state index >= 15 is 0 Å². The van der Waals surface area contributed by atoms with E-state index in [1.165, 1.54) is 16.7 Å². The molecule has 5 nitrogen and oxygen atoms in total. The molecule has 1 saturated heterocycles. The zero-order chi connectivity index (χ0) is 17.2. The Morgan fingerprint density at radius 2 is 2.12 bits per heavy atom. The molecule has 0 spiro atoms. The molecule has 140 valence electrons. The Balaban J connectivity index is 0.00000196. The second-order valence-electron chi connectivity index (χ2n) is 7.16. The normalized spacial score (nSPS) is 22.4. The maximum Gasteiger partial charge on any atom is 0.226 e. The molecule has 1 aliphatic carbocycles. The van der Waals surface area contributed by atoms with Crippen LogP contribution in [-0.2, 0) is 24.1 Å². The molecule has 2 atom stereocenters. The Hall–Kier alpha value is -1.85. The molecule has 1 fully saturated rings. The number of halogens is 1. The number of fused-ring (bicyclic) bond motifs is 1. The van der Waals surface area contributed by atoms with Crippen molar-refractivity contribution in [3.05, 3.63) is 52.8 Å². The SMILES string of the molecule is CCc1ccc(C2CNCCN2C(=O)C2CCc3cn[nH]c3C2)cc1.Cl. The standard InChI is InChI=1S/C20H26N4O.ClH/c1-2-14-3-5-15(6-4-14)19-13-21-9-10-24(19)20(25)16-7-8-17-12-22-23-18(17)11-16;/h3-6,12,16,19,21H,2,7-11,13H2,1H3,(H,22,23);1H. The lowest BCUT2D eigenvalue weighted by atomic mass is 9.86. The van der Waals surface area contributed by atoms with Gasteiger partial charge in [-0.15, -0.1) is 12.4 Å². The van der Waals surface area contributed by atoms with Crippen molar-refractivity contribution >= 4 is 18.3 Å². The van der Waals surface area contributed by atoms with Crippen LogP contribution in [-0.4, -0.2) is 40.6 Å². The third kappa shape index (κ3) is 3.64. The summed E-state index contributed by atoms with van der Waals surface area (Å²) < 4.78 is 0. The van der Waals surface area contributed by atoms with E-state index in [-0.39, 0.29) is 24.4 Å². The maximum atomic E-state index is 13.3. The summed E-state index contributed by atoms with van der Waals surface area (Å²) in [6, 6.07) is 8.87. The largest absolute Gasteiger partial charge is 0.333 e. The minimum Gasteiger partial charge on any atom is -0.333 e. The number of rotatable bonds is 3. The van der Waals surface area contributed by atoms with Crippen molar-refractivity contribution in [2.75, 3.05) is 19.6 Å². The molecule has 4 rings (SSSR count). The van der Waals surface area contributed by atoms with Crippen LogP contribution in [0.3, 0.4) is 0 Å². The van der Waals surface area contributed by atoms with Gasteiger partial charge < -0.3 is 10.2 Å². The van der Waals surface area contributed by atoms with Crippen LogP contribution in [0.4, 0.5) is 0 Å². The average molecular weight is 375 g/mol. The highest BCUT2D eigenvalue weighted by Crippen LogP contribution is 2.30. The number of nitrogens with one attached hydrogen (secondary N) is 2. The first-order valence-electron chi connectivity index (χ1n) is 9.37. The van der Waals surface area contributed by atoms with Gasteiger partial charge in [0, 0.05) is 37.7 Å². The number of aromatic nitrogens is 2. The molecule has 0 bridgehead atoms. The van der Waals surface area contributed by atoms with Crippen LogP contribution >= 0.6 is 12.4 Å². The monoisotopic (exact) mass is 374 g/mol. The molecule has 1 aromatic heterocycles. The van der Waals surface area contributed by atoms with Gasteiger partial charge in [-0.25, -0.2) is 0 Å². The Bertz CT molecular complexity index is 743. The predicted molar refractivity (Wildman–Crippen MR) is 104 cm³/mol. The lowest BCUT2D eigenvalue weighted by Crippen LogP contribution is -2.51. The van der Waals surface area contributed by atoms with E-state index in [9.17, 15) is 4.79 Å². The molecule has 2 aromatic rings. The minimum atomic E-state index is 0. The third-order valence-electron chi connectivity index (χ3n) is 5.67. The molecule has 2 aliphatic rings. The number of aryl methyl sites for hydroxylation is 2. The summed E-state index contributed by atoms with van der Waals surface area (Å²) in [7, 11) is 0. The van der Waals surface area contributed by atoms with Gasteiger partial charge in [0.15, 0.2) is 0 Å². The molecule has 2 unspecified atom stereocenters. The topological polar surface area (TPSA) is 61.0 Å². The van der Waals surface area contributed by atoms with Crippen molar-refractivity contribution < 1.29 is 4.79 Å². The van der Waals surface area contributed by atoms with Crippen LogP contribution in [0.5, 0.6) is 0 Å². The number of hydrogen-bond donors (Lipinski definition) is 2.